The lowest BCUT2D eigenvalue weighted by Gasteiger charge is -2.13. The van der Waals surface area contributed by atoms with Crippen molar-refractivity contribution < 1.29 is 4.79 Å². The molecule has 2 aromatic heterocycles. The Morgan fingerprint density at radius 2 is 2.03 bits per heavy atom. The highest BCUT2D eigenvalue weighted by molar-refractivity contribution is 7.99. The lowest BCUT2D eigenvalue weighted by molar-refractivity contribution is -0.121. The van der Waals surface area contributed by atoms with Crippen LogP contribution in [0.1, 0.15) is 50.3 Å². The van der Waals surface area contributed by atoms with Gasteiger partial charge < -0.3 is 15.6 Å². The number of anilines is 1. The molecule has 3 N–H and O–H groups in total. The smallest absolute Gasteiger partial charge is 0.221 e. The number of carbonyl (C=O) groups excluding carboxylic acids is 1. The van der Waals surface area contributed by atoms with E-state index in [4.69, 9.17) is 10.7 Å². The number of hydrogen-bond donors (Lipinski definition) is 2. The highest BCUT2D eigenvalue weighted by atomic mass is 32.2. The van der Waals surface area contributed by atoms with Crippen molar-refractivity contribution in [2.45, 2.75) is 69.5 Å². The van der Waals surface area contributed by atoms with Crippen LogP contribution in [0.3, 0.4) is 0 Å². The van der Waals surface area contributed by atoms with Crippen LogP contribution in [0.2, 0.25) is 0 Å². The second-order valence-electron chi connectivity index (χ2n) is 8.46. The number of nitrogens with zero attached hydrogens (tertiary/aromatic N) is 4. The fourth-order valence-electron chi connectivity index (χ4n) is 3.96. The molecule has 0 unspecified atom stereocenters. The Morgan fingerprint density at radius 1 is 1.26 bits per heavy atom. The largest absolute Gasteiger partial charge is 0.382 e. The third kappa shape index (κ3) is 4.69. The molecule has 0 spiro atoms. The summed E-state index contributed by atoms with van der Waals surface area (Å²) in [7, 11) is 0. The minimum atomic E-state index is 0.0281. The topological polar surface area (TPSA) is 98.7 Å². The van der Waals surface area contributed by atoms with Crippen molar-refractivity contribution in [3.05, 3.63) is 35.2 Å². The predicted octanol–water partition coefficient (Wildman–Crippen LogP) is 3.77. The number of aryl methyl sites for hydroxylation is 4. The van der Waals surface area contributed by atoms with E-state index in [-0.39, 0.29) is 5.91 Å². The fourth-order valence-corrected chi connectivity index (χ4v) is 5.11. The first-order valence-corrected chi connectivity index (χ1v) is 11.8. The van der Waals surface area contributed by atoms with Gasteiger partial charge in [-0.2, -0.15) is 0 Å². The quantitative estimate of drug-likeness (QED) is 0.555. The van der Waals surface area contributed by atoms with Crippen LogP contribution >= 0.6 is 11.8 Å². The maximum atomic E-state index is 12.3. The van der Waals surface area contributed by atoms with E-state index >= 15 is 0 Å². The van der Waals surface area contributed by atoms with Crippen molar-refractivity contribution in [3.63, 3.8) is 0 Å². The maximum Gasteiger partial charge on any atom is 0.221 e. The molecule has 7 nitrogen and oxygen atoms in total. The van der Waals surface area contributed by atoms with Crippen molar-refractivity contribution in [3.8, 4) is 0 Å². The lowest BCUT2D eigenvalue weighted by Crippen LogP contribution is -2.28. The standard InChI is InChI=1S/C23H30N6OS/c1-4-15-10-16-6-5-7-17(16)11-18(15)31-23-28-20-21(24)26-13-27-22(20)29(23)9-8-19(30)25-12-14(2)3/h10-11,13-14H,4-9,12H2,1-3H3,(H,25,30)(H2,24,26,27). The molecule has 0 fully saturated rings. The molecular formula is C23H30N6OS. The van der Waals surface area contributed by atoms with Crippen molar-refractivity contribution in [2.24, 2.45) is 5.92 Å². The Bertz CT molecular complexity index is 1110. The molecule has 0 aliphatic heterocycles. The van der Waals surface area contributed by atoms with E-state index < -0.39 is 0 Å². The number of carbonyl (C=O) groups is 1. The molecule has 0 atom stereocenters. The van der Waals surface area contributed by atoms with Crippen LogP contribution < -0.4 is 11.1 Å². The average Bonchev–Trinajstić information content (AvgIpc) is 3.34. The molecule has 1 aliphatic rings. The highest BCUT2D eigenvalue weighted by Gasteiger charge is 2.20. The predicted molar refractivity (Wildman–Crippen MR) is 124 cm³/mol. The summed E-state index contributed by atoms with van der Waals surface area (Å²) in [5.74, 6) is 0.809. The molecule has 2 heterocycles. The van der Waals surface area contributed by atoms with Gasteiger partial charge in [0.2, 0.25) is 5.91 Å². The number of fused-ring (bicyclic) bond motifs is 2. The molecular weight excluding hydrogens is 408 g/mol. The van der Waals surface area contributed by atoms with Crippen LogP contribution in [0.4, 0.5) is 5.82 Å². The van der Waals surface area contributed by atoms with Gasteiger partial charge in [0, 0.05) is 24.4 Å². The summed E-state index contributed by atoms with van der Waals surface area (Å²) >= 11 is 1.63. The van der Waals surface area contributed by atoms with Crippen molar-refractivity contribution >= 4 is 34.7 Å². The molecule has 1 aromatic carbocycles. The SMILES string of the molecule is CCc1cc2c(cc1Sc1nc3c(N)ncnc3n1CCC(=O)NCC(C)C)CCC2. The fraction of sp³-hybridized carbons (Fsp3) is 0.478. The molecule has 1 aliphatic carbocycles. The number of hydrogen-bond acceptors (Lipinski definition) is 6. The van der Waals surface area contributed by atoms with E-state index in [9.17, 15) is 4.79 Å². The third-order valence-electron chi connectivity index (χ3n) is 5.65. The summed E-state index contributed by atoms with van der Waals surface area (Å²) in [4.78, 5) is 26.8. The lowest BCUT2D eigenvalue weighted by atomic mass is 10.0. The monoisotopic (exact) mass is 438 g/mol. The Hall–Kier alpha value is -2.61. The number of nitrogen functional groups attached to an aromatic ring is 1. The summed E-state index contributed by atoms with van der Waals surface area (Å²) in [6.45, 7) is 7.52. The van der Waals surface area contributed by atoms with Gasteiger partial charge in [0.05, 0.1) is 0 Å². The van der Waals surface area contributed by atoms with E-state index in [0.717, 1.165) is 18.0 Å². The summed E-state index contributed by atoms with van der Waals surface area (Å²) < 4.78 is 2.00. The maximum absolute atomic E-state index is 12.3. The molecule has 0 saturated carbocycles. The molecule has 8 heteroatoms. The zero-order chi connectivity index (χ0) is 22.0. The van der Waals surface area contributed by atoms with Gasteiger partial charge in [0.1, 0.15) is 6.33 Å². The molecule has 3 aromatic rings. The number of amides is 1. The molecule has 31 heavy (non-hydrogen) atoms. The van der Waals surface area contributed by atoms with E-state index in [2.05, 4.69) is 48.2 Å². The van der Waals surface area contributed by atoms with E-state index in [1.165, 1.54) is 40.8 Å². The van der Waals surface area contributed by atoms with Crippen LogP contribution in [-0.4, -0.2) is 32.0 Å². The zero-order valence-electron chi connectivity index (χ0n) is 18.4. The summed E-state index contributed by atoms with van der Waals surface area (Å²) in [5, 5.41) is 3.78. The first-order valence-electron chi connectivity index (χ1n) is 11.0. The average molecular weight is 439 g/mol. The van der Waals surface area contributed by atoms with E-state index in [1.54, 1.807) is 11.8 Å². The number of imidazole rings is 1. The van der Waals surface area contributed by atoms with Gasteiger partial charge in [-0.15, -0.1) is 0 Å². The number of nitrogens with one attached hydrogen (secondary N) is 1. The van der Waals surface area contributed by atoms with Crippen LogP contribution in [0.25, 0.3) is 11.2 Å². The van der Waals surface area contributed by atoms with Crippen LogP contribution in [0, 0.1) is 5.92 Å². The van der Waals surface area contributed by atoms with Gasteiger partial charge in [-0.1, -0.05) is 38.6 Å². The molecule has 1 amide bonds. The van der Waals surface area contributed by atoms with Gasteiger partial charge in [-0.05, 0) is 54.4 Å². The molecule has 0 saturated heterocycles. The third-order valence-corrected chi connectivity index (χ3v) is 6.75. The van der Waals surface area contributed by atoms with Crippen molar-refractivity contribution in [1.82, 2.24) is 24.8 Å². The van der Waals surface area contributed by atoms with Gasteiger partial charge >= 0.3 is 0 Å². The number of benzene rings is 1. The van der Waals surface area contributed by atoms with Crippen molar-refractivity contribution in [1.29, 1.82) is 0 Å². The minimum Gasteiger partial charge on any atom is -0.382 e. The second kappa shape index (κ2) is 9.26. The second-order valence-corrected chi connectivity index (χ2v) is 9.47. The summed E-state index contributed by atoms with van der Waals surface area (Å²) in [5.41, 5.74) is 11.6. The van der Waals surface area contributed by atoms with Gasteiger partial charge in [-0.3, -0.25) is 4.79 Å². The Balaban J connectivity index is 1.65. The number of rotatable bonds is 8. The molecule has 0 radical (unpaired) electrons. The highest BCUT2D eigenvalue weighted by Crippen LogP contribution is 2.36. The van der Waals surface area contributed by atoms with Gasteiger partial charge in [-0.25, -0.2) is 15.0 Å². The Labute approximate surface area is 187 Å². The van der Waals surface area contributed by atoms with Crippen LogP contribution in [0.15, 0.2) is 28.5 Å². The van der Waals surface area contributed by atoms with Gasteiger partial charge in [0.25, 0.3) is 0 Å². The summed E-state index contributed by atoms with van der Waals surface area (Å²) in [6, 6.07) is 4.67. The normalized spacial score (nSPS) is 13.2. The first kappa shape index (κ1) is 21.6. The molecule has 164 valence electrons. The number of aromatic nitrogens is 4. The number of nitrogens with two attached hydrogens (primary N) is 1. The summed E-state index contributed by atoms with van der Waals surface area (Å²) in [6.07, 6.45) is 6.32. The minimum absolute atomic E-state index is 0.0281. The molecule has 0 bridgehead atoms. The Morgan fingerprint density at radius 3 is 2.77 bits per heavy atom. The molecule has 4 rings (SSSR count). The van der Waals surface area contributed by atoms with Crippen molar-refractivity contribution in [2.75, 3.05) is 12.3 Å². The Kier molecular flexibility index (Phi) is 6.46. The van der Waals surface area contributed by atoms with Gasteiger partial charge in [0.15, 0.2) is 22.1 Å². The first-order chi connectivity index (χ1) is 15.0. The van der Waals surface area contributed by atoms with E-state index in [0.29, 0.717) is 42.4 Å². The zero-order valence-corrected chi connectivity index (χ0v) is 19.3. The van der Waals surface area contributed by atoms with Crippen LogP contribution in [0.5, 0.6) is 0 Å². The van der Waals surface area contributed by atoms with Crippen LogP contribution in [-0.2, 0) is 30.6 Å². The van der Waals surface area contributed by atoms with E-state index in [1.807, 2.05) is 4.57 Å².